The third kappa shape index (κ3) is 3.98. The minimum absolute atomic E-state index is 0.0640. The Balaban J connectivity index is 1.71. The van der Waals surface area contributed by atoms with Crippen LogP contribution in [-0.2, 0) is 16.1 Å². The van der Waals surface area contributed by atoms with E-state index in [1.165, 1.54) is 37.8 Å². The second-order valence-electron chi connectivity index (χ2n) is 7.78. The molecule has 3 rings (SSSR count). The quantitative estimate of drug-likeness (QED) is 0.896. The van der Waals surface area contributed by atoms with Gasteiger partial charge in [0.15, 0.2) is 0 Å². The first-order chi connectivity index (χ1) is 11.5. The standard InChI is InChI=1S/C18H29N3O3/c1-18(2)13-24-16(10-17(22)23)12-20(18)11-15-8-9-19-21(15)14-6-4-3-5-7-14/h8-9,14,16H,3-7,10-13H2,1-2H3,(H,22,23). The van der Waals surface area contributed by atoms with Gasteiger partial charge in [-0.3, -0.25) is 14.4 Å². The molecule has 1 aliphatic heterocycles. The fourth-order valence-corrected chi connectivity index (χ4v) is 3.87. The number of carboxylic acids is 1. The van der Waals surface area contributed by atoms with E-state index in [9.17, 15) is 4.79 Å². The molecule has 0 amide bonds. The molecule has 6 nitrogen and oxygen atoms in total. The number of hydrogen-bond acceptors (Lipinski definition) is 4. The Morgan fingerprint density at radius 1 is 1.38 bits per heavy atom. The number of hydrogen-bond donors (Lipinski definition) is 1. The maximum absolute atomic E-state index is 11.0. The Kier molecular flexibility index (Phi) is 5.25. The van der Waals surface area contributed by atoms with Gasteiger partial charge in [-0.2, -0.15) is 5.10 Å². The molecule has 1 aromatic heterocycles. The molecule has 0 spiro atoms. The molecule has 2 aliphatic rings. The van der Waals surface area contributed by atoms with Gasteiger partial charge in [-0.15, -0.1) is 0 Å². The van der Waals surface area contributed by atoms with E-state index in [2.05, 4.69) is 34.6 Å². The smallest absolute Gasteiger partial charge is 0.306 e. The van der Waals surface area contributed by atoms with Gasteiger partial charge in [0.1, 0.15) is 0 Å². The maximum atomic E-state index is 11.0. The fourth-order valence-electron chi connectivity index (χ4n) is 3.87. The molecule has 1 N–H and O–H groups in total. The molecule has 1 unspecified atom stereocenters. The van der Waals surface area contributed by atoms with Crippen molar-refractivity contribution in [3.8, 4) is 0 Å². The number of nitrogens with zero attached hydrogens (tertiary/aromatic N) is 3. The zero-order valence-electron chi connectivity index (χ0n) is 14.8. The molecule has 0 radical (unpaired) electrons. The highest BCUT2D eigenvalue weighted by atomic mass is 16.5. The van der Waals surface area contributed by atoms with Crippen LogP contribution in [0.15, 0.2) is 12.3 Å². The summed E-state index contributed by atoms with van der Waals surface area (Å²) in [5.74, 6) is -0.799. The van der Waals surface area contributed by atoms with Crippen LogP contribution in [0.1, 0.15) is 64.1 Å². The summed E-state index contributed by atoms with van der Waals surface area (Å²) in [7, 11) is 0. The third-order valence-electron chi connectivity index (χ3n) is 5.38. The SMILES string of the molecule is CC1(C)COC(CC(=O)O)CN1Cc1ccnn1C1CCCCC1. The van der Waals surface area contributed by atoms with Crippen LogP contribution in [0, 0.1) is 0 Å². The Labute approximate surface area is 143 Å². The summed E-state index contributed by atoms with van der Waals surface area (Å²) in [5.41, 5.74) is 1.13. The van der Waals surface area contributed by atoms with Gasteiger partial charge in [-0.25, -0.2) is 0 Å². The van der Waals surface area contributed by atoms with Crippen LogP contribution in [0.2, 0.25) is 0 Å². The maximum Gasteiger partial charge on any atom is 0.306 e. The highest BCUT2D eigenvalue weighted by Gasteiger charge is 2.36. The van der Waals surface area contributed by atoms with E-state index in [0.717, 1.165) is 6.54 Å². The van der Waals surface area contributed by atoms with Gasteiger partial charge in [-0.1, -0.05) is 19.3 Å². The largest absolute Gasteiger partial charge is 0.481 e. The van der Waals surface area contributed by atoms with E-state index in [0.29, 0.717) is 19.2 Å². The predicted molar refractivity (Wildman–Crippen MR) is 90.8 cm³/mol. The van der Waals surface area contributed by atoms with Crippen LogP contribution < -0.4 is 0 Å². The second kappa shape index (κ2) is 7.23. The van der Waals surface area contributed by atoms with Gasteiger partial charge in [0, 0.05) is 24.8 Å². The monoisotopic (exact) mass is 335 g/mol. The van der Waals surface area contributed by atoms with Crippen molar-refractivity contribution in [3.63, 3.8) is 0 Å². The highest BCUT2D eigenvalue weighted by molar-refractivity contribution is 5.67. The molecule has 24 heavy (non-hydrogen) atoms. The Bertz CT molecular complexity index is 564. The van der Waals surface area contributed by atoms with Crippen LogP contribution in [0.4, 0.5) is 0 Å². The number of ether oxygens (including phenoxy) is 1. The van der Waals surface area contributed by atoms with Crippen LogP contribution in [-0.4, -0.2) is 50.6 Å². The average molecular weight is 335 g/mol. The van der Waals surface area contributed by atoms with Crippen LogP contribution in [0.3, 0.4) is 0 Å². The van der Waals surface area contributed by atoms with Gasteiger partial charge >= 0.3 is 5.97 Å². The molecule has 1 saturated heterocycles. The number of aromatic nitrogens is 2. The predicted octanol–water partition coefficient (Wildman–Crippen LogP) is 2.84. The lowest BCUT2D eigenvalue weighted by atomic mass is 9.95. The molecule has 0 bridgehead atoms. The molecule has 1 atom stereocenters. The molecule has 134 valence electrons. The molecule has 1 aromatic rings. The van der Waals surface area contributed by atoms with Crippen LogP contribution >= 0.6 is 0 Å². The summed E-state index contributed by atoms with van der Waals surface area (Å²) < 4.78 is 7.96. The molecule has 0 aromatic carbocycles. The molecule has 2 heterocycles. The number of morpholine rings is 1. The van der Waals surface area contributed by atoms with Gasteiger partial charge in [0.2, 0.25) is 0 Å². The molecule has 1 aliphatic carbocycles. The lowest BCUT2D eigenvalue weighted by Gasteiger charge is -2.45. The molecular formula is C18H29N3O3. The number of carbonyl (C=O) groups is 1. The van der Waals surface area contributed by atoms with E-state index in [4.69, 9.17) is 9.84 Å². The van der Waals surface area contributed by atoms with Crippen molar-refractivity contribution < 1.29 is 14.6 Å². The summed E-state index contributed by atoms with van der Waals surface area (Å²) in [6.07, 6.45) is 8.05. The van der Waals surface area contributed by atoms with Crippen LogP contribution in [0.5, 0.6) is 0 Å². The van der Waals surface area contributed by atoms with Crippen molar-refractivity contribution in [1.29, 1.82) is 0 Å². The Morgan fingerprint density at radius 2 is 2.12 bits per heavy atom. The average Bonchev–Trinajstić information content (AvgIpc) is 2.99. The highest BCUT2D eigenvalue weighted by Crippen LogP contribution is 2.30. The first kappa shape index (κ1) is 17.4. The topological polar surface area (TPSA) is 67.6 Å². The van der Waals surface area contributed by atoms with E-state index in [1.54, 1.807) is 0 Å². The zero-order chi connectivity index (χ0) is 17.2. The van der Waals surface area contributed by atoms with Gasteiger partial charge < -0.3 is 9.84 Å². The first-order valence-corrected chi connectivity index (χ1v) is 9.06. The molecular weight excluding hydrogens is 306 g/mol. The zero-order valence-corrected chi connectivity index (χ0v) is 14.8. The van der Waals surface area contributed by atoms with Crippen molar-refractivity contribution >= 4 is 5.97 Å². The first-order valence-electron chi connectivity index (χ1n) is 9.06. The minimum atomic E-state index is -0.799. The van der Waals surface area contributed by atoms with E-state index >= 15 is 0 Å². The molecule has 2 fully saturated rings. The Morgan fingerprint density at radius 3 is 2.83 bits per heavy atom. The fraction of sp³-hybridized carbons (Fsp3) is 0.778. The van der Waals surface area contributed by atoms with Gasteiger partial charge in [0.25, 0.3) is 0 Å². The normalized spacial score (nSPS) is 25.7. The van der Waals surface area contributed by atoms with E-state index < -0.39 is 5.97 Å². The lowest BCUT2D eigenvalue weighted by Crippen LogP contribution is -2.56. The number of rotatable bonds is 5. The van der Waals surface area contributed by atoms with Crippen molar-refractivity contribution in [1.82, 2.24) is 14.7 Å². The number of aliphatic carboxylic acids is 1. The summed E-state index contributed by atoms with van der Waals surface area (Å²) in [6, 6.07) is 2.62. The lowest BCUT2D eigenvalue weighted by molar-refractivity contribution is -0.147. The summed E-state index contributed by atoms with van der Waals surface area (Å²) in [4.78, 5) is 13.3. The van der Waals surface area contributed by atoms with E-state index in [1.807, 2.05) is 6.20 Å². The summed E-state index contributed by atoms with van der Waals surface area (Å²) >= 11 is 0. The second-order valence-corrected chi connectivity index (χ2v) is 7.78. The molecule has 1 saturated carbocycles. The van der Waals surface area contributed by atoms with Crippen molar-refractivity contribution in [3.05, 3.63) is 18.0 Å². The van der Waals surface area contributed by atoms with E-state index in [-0.39, 0.29) is 18.1 Å². The Hall–Kier alpha value is -1.40. The number of carboxylic acid groups (broad SMARTS) is 1. The van der Waals surface area contributed by atoms with Crippen molar-refractivity contribution in [2.45, 2.75) is 76.6 Å². The van der Waals surface area contributed by atoms with Gasteiger partial charge in [0.05, 0.1) is 30.9 Å². The third-order valence-corrected chi connectivity index (χ3v) is 5.38. The van der Waals surface area contributed by atoms with Crippen LogP contribution in [0.25, 0.3) is 0 Å². The summed E-state index contributed by atoms with van der Waals surface area (Å²) in [5, 5.41) is 13.6. The molecule has 6 heteroatoms. The van der Waals surface area contributed by atoms with Crippen molar-refractivity contribution in [2.75, 3.05) is 13.2 Å². The van der Waals surface area contributed by atoms with Crippen molar-refractivity contribution in [2.24, 2.45) is 0 Å². The minimum Gasteiger partial charge on any atom is -0.481 e. The summed E-state index contributed by atoms with van der Waals surface area (Å²) in [6.45, 7) is 6.32. The van der Waals surface area contributed by atoms with Gasteiger partial charge in [-0.05, 0) is 32.8 Å².